The first-order chi connectivity index (χ1) is 18.3. The van der Waals surface area contributed by atoms with E-state index in [1.54, 1.807) is 16.2 Å². The molecule has 2 aliphatic rings. The lowest BCUT2D eigenvalue weighted by atomic mass is 10.1. The summed E-state index contributed by atoms with van der Waals surface area (Å²) in [5.74, 6) is 0.857. The van der Waals surface area contributed by atoms with Crippen LogP contribution in [0.2, 0.25) is 0 Å². The van der Waals surface area contributed by atoms with Gasteiger partial charge in [0.05, 0.1) is 35.1 Å². The molecule has 2 fully saturated rings. The van der Waals surface area contributed by atoms with Crippen LogP contribution in [0, 0.1) is 0 Å². The van der Waals surface area contributed by atoms with Crippen LogP contribution in [0.25, 0.3) is 32.5 Å². The van der Waals surface area contributed by atoms with Crippen molar-refractivity contribution in [2.75, 3.05) is 69.4 Å². The van der Waals surface area contributed by atoms with Gasteiger partial charge in [-0.3, -0.25) is 14.8 Å². The minimum absolute atomic E-state index is 0.320. The summed E-state index contributed by atoms with van der Waals surface area (Å²) < 4.78 is 29.7. The van der Waals surface area contributed by atoms with Crippen molar-refractivity contribution in [1.29, 1.82) is 0 Å². The summed E-state index contributed by atoms with van der Waals surface area (Å²) in [7, 11) is -3.33. The molecule has 5 heterocycles. The predicted octanol–water partition coefficient (Wildman–Crippen LogP) is 1.76. The Labute approximate surface area is 224 Å². The van der Waals surface area contributed by atoms with Crippen molar-refractivity contribution in [3.63, 3.8) is 0 Å². The molecule has 2 aliphatic heterocycles. The smallest absolute Gasteiger partial charge is 0.237 e. The molecule has 6 rings (SSSR count). The number of amides is 1. The van der Waals surface area contributed by atoms with Gasteiger partial charge in [0.1, 0.15) is 5.75 Å². The maximum Gasteiger partial charge on any atom is 0.237 e. The van der Waals surface area contributed by atoms with Crippen molar-refractivity contribution in [3.05, 3.63) is 35.3 Å². The SMILES string of the molecule is CS(=O)(=O)CC(=O)N1CCN(Cc2cc3nc(-c4cccc5[nH]ncc45)nc(N4CCOCC4)c3s2)CC1. The number of anilines is 1. The Morgan fingerprint density at radius 3 is 2.66 bits per heavy atom. The van der Waals surface area contributed by atoms with Crippen molar-refractivity contribution in [3.8, 4) is 11.4 Å². The van der Waals surface area contributed by atoms with E-state index in [1.165, 1.54) is 4.88 Å². The summed E-state index contributed by atoms with van der Waals surface area (Å²) in [4.78, 5) is 29.7. The van der Waals surface area contributed by atoms with Crippen LogP contribution in [0.1, 0.15) is 4.88 Å². The fourth-order valence-corrected chi connectivity index (χ4v) is 6.79. The third-order valence-corrected chi connectivity index (χ3v) is 8.81. The summed E-state index contributed by atoms with van der Waals surface area (Å²) in [6, 6.07) is 8.15. The highest BCUT2D eigenvalue weighted by Gasteiger charge is 2.25. The average Bonchev–Trinajstić information content (AvgIpc) is 3.54. The Kier molecular flexibility index (Phi) is 6.76. The topological polar surface area (TPSA) is 125 Å². The molecule has 0 saturated carbocycles. The van der Waals surface area contributed by atoms with Gasteiger partial charge in [-0.1, -0.05) is 12.1 Å². The third kappa shape index (κ3) is 5.23. The van der Waals surface area contributed by atoms with Gasteiger partial charge in [-0.25, -0.2) is 18.4 Å². The second kappa shape index (κ2) is 10.2. The number of aromatic nitrogens is 4. The van der Waals surface area contributed by atoms with Crippen molar-refractivity contribution >= 4 is 54.0 Å². The first-order valence-corrected chi connectivity index (χ1v) is 15.5. The van der Waals surface area contributed by atoms with Crippen LogP contribution in [0.5, 0.6) is 0 Å². The molecule has 1 N–H and O–H groups in total. The summed E-state index contributed by atoms with van der Waals surface area (Å²) >= 11 is 1.71. The van der Waals surface area contributed by atoms with Gasteiger partial charge in [0, 0.05) is 67.9 Å². The monoisotopic (exact) mass is 555 g/mol. The van der Waals surface area contributed by atoms with E-state index in [0.29, 0.717) is 45.2 Å². The number of carbonyl (C=O) groups excluding carboxylic acids is 1. The summed E-state index contributed by atoms with van der Waals surface area (Å²) in [5.41, 5.74) is 2.80. The minimum atomic E-state index is -3.33. The Balaban J connectivity index is 1.27. The number of ether oxygens (including phenoxy) is 1. The fourth-order valence-electron chi connectivity index (χ4n) is 5.01. The van der Waals surface area contributed by atoms with Crippen molar-refractivity contribution in [1.82, 2.24) is 30.0 Å². The van der Waals surface area contributed by atoms with Gasteiger partial charge in [-0.05, 0) is 12.1 Å². The molecule has 3 aromatic heterocycles. The van der Waals surface area contributed by atoms with Crippen LogP contribution in [0.15, 0.2) is 30.5 Å². The lowest BCUT2D eigenvalue weighted by molar-refractivity contribution is -0.130. The molecular weight excluding hydrogens is 526 g/mol. The predicted molar refractivity (Wildman–Crippen MR) is 147 cm³/mol. The van der Waals surface area contributed by atoms with E-state index in [1.807, 2.05) is 24.4 Å². The lowest BCUT2D eigenvalue weighted by Gasteiger charge is -2.34. The average molecular weight is 556 g/mol. The van der Waals surface area contributed by atoms with E-state index in [0.717, 1.165) is 58.4 Å². The second-order valence-corrected chi connectivity index (χ2v) is 13.0. The van der Waals surface area contributed by atoms with Crippen LogP contribution in [-0.4, -0.2) is 109 Å². The maximum atomic E-state index is 12.3. The first kappa shape index (κ1) is 25.2. The number of piperazine rings is 1. The second-order valence-electron chi connectivity index (χ2n) is 9.76. The molecule has 4 aromatic rings. The molecule has 200 valence electrons. The zero-order valence-corrected chi connectivity index (χ0v) is 22.7. The molecule has 1 aromatic carbocycles. The molecule has 2 saturated heterocycles. The van der Waals surface area contributed by atoms with Crippen LogP contribution in [0.4, 0.5) is 5.82 Å². The number of carbonyl (C=O) groups is 1. The number of nitrogens with one attached hydrogen (secondary N) is 1. The quantitative estimate of drug-likeness (QED) is 0.379. The van der Waals surface area contributed by atoms with E-state index >= 15 is 0 Å². The molecule has 13 heteroatoms. The number of sulfone groups is 1. The van der Waals surface area contributed by atoms with E-state index in [-0.39, 0.29) is 5.91 Å². The van der Waals surface area contributed by atoms with Gasteiger partial charge in [0.25, 0.3) is 0 Å². The minimum Gasteiger partial charge on any atom is -0.378 e. The molecule has 0 bridgehead atoms. The lowest BCUT2D eigenvalue weighted by Crippen LogP contribution is -2.49. The number of H-pyrrole nitrogens is 1. The highest BCUT2D eigenvalue weighted by molar-refractivity contribution is 7.91. The number of hydrogen-bond acceptors (Lipinski definition) is 10. The summed E-state index contributed by atoms with van der Waals surface area (Å²) in [6.45, 7) is 6.06. The molecular formula is C25H29N7O4S2. The zero-order chi connectivity index (χ0) is 26.3. The molecule has 0 radical (unpaired) electrons. The van der Waals surface area contributed by atoms with Gasteiger partial charge in [-0.2, -0.15) is 5.10 Å². The Morgan fingerprint density at radius 1 is 1.11 bits per heavy atom. The number of benzene rings is 1. The number of nitrogens with zero attached hydrogens (tertiary/aromatic N) is 6. The van der Waals surface area contributed by atoms with E-state index < -0.39 is 15.6 Å². The summed E-state index contributed by atoms with van der Waals surface area (Å²) in [6.07, 6.45) is 2.91. The standard InChI is InChI=1S/C25H29N7O4S2/c1-38(34,35)16-22(33)31-7-5-30(6-8-31)15-17-13-21-23(37-17)25(32-9-11-36-12-10-32)28-24(27-21)18-3-2-4-20-19(18)14-26-29-20/h2-4,13-14H,5-12,15-16H2,1H3,(H,26,29). The number of rotatable bonds is 6. The number of thiophene rings is 1. The van der Waals surface area contributed by atoms with E-state index in [4.69, 9.17) is 14.7 Å². The van der Waals surface area contributed by atoms with Crippen molar-refractivity contribution in [2.24, 2.45) is 0 Å². The van der Waals surface area contributed by atoms with Gasteiger partial charge < -0.3 is 14.5 Å². The van der Waals surface area contributed by atoms with E-state index in [2.05, 4.69) is 26.1 Å². The number of aromatic amines is 1. The highest BCUT2D eigenvalue weighted by atomic mass is 32.2. The highest BCUT2D eigenvalue weighted by Crippen LogP contribution is 2.36. The Morgan fingerprint density at radius 2 is 1.89 bits per heavy atom. The molecule has 38 heavy (non-hydrogen) atoms. The molecule has 0 atom stereocenters. The molecule has 0 aliphatic carbocycles. The van der Waals surface area contributed by atoms with Gasteiger partial charge in [0.15, 0.2) is 21.5 Å². The van der Waals surface area contributed by atoms with Crippen molar-refractivity contribution < 1.29 is 17.9 Å². The maximum absolute atomic E-state index is 12.3. The molecule has 1 amide bonds. The normalized spacial score (nSPS) is 17.5. The van der Waals surface area contributed by atoms with E-state index in [9.17, 15) is 13.2 Å². The number of morpholine rings is 1. The fraction of sp³-hybridized carbons (Fsp3) is 0.440. The Bertz CT molecular complexity index is 1590. The molecule has 0 spiro atoms. The van der Waals surface area contributed by atoms with Crippen LogP contribution >= 0.6 is 11.3 Å². The first-order valence-electron chi connectivity index (χ1n) is 12.6. The van der Waals surface area contributed by atoms with Crippen LogP contribution < -0.4 is 4.90 Å². The van der Waals surface area contributed by atoms with Crippen molar-refractivity contribution in [2.45, 2.75) is 6.54 Å². The van der Waals surface area contributed by atoms with Crippen LogP contribution in [0.3, 0.4) is 0 Å². The third-order valence-electron chi connectivity index (χ3n) is 6.93. The van der Waals surface area contributed by atoms with Crippen LogP contribution in [-0.2, 0) is 25.9 Å². The molecule has 0 unspecified atom stereocenters. The molecule has 11 nitrogen and oxygen atoms in total. The summed E-state index contributed by atoms with van der Waals surface area (Å²) in [5, 5.41) is 8.21. The van der Waals surface area contributed by atoms with Gasteiger partial charge >= 0.3 is 0 Å². The number of fused-ring (bicyclic) bond motifs is 2. The van der Waals surface area contributed by atoms with Gasteiger partial charge in [0.2, 0.25) is 5.91 Å². The number of hydrogen-bond donors (Lipinski definition) is 1. The Hall–Kier alpha value is -3.13. The zero-order valence-electron chi connectivity index (χ0n) is 21.1. The largest absolute Gasteiger partial charge is 0.378 e. The van der Waals surface area contributed by atoms with Gasteiger partial charge in [-0.15, -0.1) is 11.3 Å².